The van der Waals surface area contributed by atoms with E-state index in [-0.39, 0.29) is 59.1 Å². The van der Waals surface area contributed by atoms with Crippen LogP contribution in [0.1, 0.15) is 0 Å². The van der Waals surface area contributed by atoms with Crippen molar-refractivity contribution in [3.8, 4) is 0 Å². The predicted octanol–water partition coefficient (Wildman–Crippen LogP) is -1.73. The van der Waals surface area contributed by atoms with Crippen molar-refractivity contribution in [2.24, 2.45) is 0 Å². The fourth-order valence-corrected chi connectivity index (χ4v) is 0. The molecule has 0 amide bonds. The first-order valence-electron chi connectivity index (χ1n) is 1.35. The summed E-state index contributed by atoms with van der Waals surface area (Å²) >= 11 is 0. The van der Waals surface area contributed by atoms with Gasteiger partial charge in [0.25, 0.3) is 0 Å². The molecule has 7 nitrogen and oxygen atoms in total. The molecule has 60 valence electrons. The average molecular weight is 208 g/mol. The van der Waals surface area contributed by atoms with Crippen LogP contribution in [0.5, 0.6) is 0 Å². The summed E-state index contributed by atoms with van der Waals surface area (Å²) in [5.74, 6) is 0. The zero-order valence-corrected chi connectivity index (χ0v) is 4.74. The van der Waals surface area contributed by atoms with E-state index in [1.54, 1.807) is 0 Å². The second kappa shape index (κ2) is 11.1. The molecule has 0 saturated carbocycles. The van der Waals surface area contributed by atoms with Crippen molar-refractivity contribution in [3.05, 3.63) is 0 Å². The Balaban J connectivity index is -0.0000000383. The first-order valence-corrected chi connectivity index (χ1v) is 2.75. The van der Waals surface area contributed by atoms with Crippen LogP contribution >= 0.6 is 0 Å². The van der Waals surface area contributed by atoms with Crippen LogP contribution < -0.4 is 0 Å². The van der Waals surface area contributed by atoms with Crippen molar-refractivity contribution in [2.75, 3.05) is 0 Å². The van der Waals surface area contributed by atoms with Crippen molar-refractivity contribution < 1.29 is 32.5 Å². The molecule has 0 spiro atoms. The molecule has 0 aliphatic carbocycles. The van der Waals surface area contributed by atoms with Gasteiger partial charge in [-0.05, 0) is 0 Å². The first-order chi connectivity index (χ1) is 3.73. The Kier molecular flexibility index (Phi) is 23.0. The maximum absolute atomic E-state index is 8.74. The molecule has 0 fully saturated rings. The Morgan fingerprint density at radius 2 is 1.00 bits per heavy atom. The van der Waals surface area contributed by atoms with Gasteiger partial charge >= 0.3 is 75.7 Å². The molecule has 0 atom stereocenters. The van der Waals surface area contributed by atoms with Crippen molar-refractivity contribution in [1.82, 2.24) is 0 Å². The van der Waals surface area contributed by atoms with Crippen LogP contribution in [0.4, 0.5) is 4.79 Å². The van der Waals surface area contributed by atoms with Gasteiger partial charge in [-0.25, -0.2) is 4.79 Å². The quantitative estimate of drug-likeness (QED) is 0.274. The summed E-state index contributed by atoms with van der Waals surface area (Å²) in [6.07, 6.45) is -1.83. The zero-order chi connectivity index (χ0) is 8.08. The van der Waals surface area contributed by atoms with Crippen molar-refractivity contribution in [1.29, 1.82) is 0 Å². The molecule has 0 unspecified atom stereocenters. The van der Waals surface area contributed by atoms with Crippen molar-refractivity contribution >= 4 is 75.7 Å². The third-order valence-corrected chi connectivity index (χ3v) is 0. The standard InChI is InChI=1S/CH2O3.2Na.H2O4S.2H/c2-1(3)4;;;1-5(2,3)4;;/h(H2,2,3,4);;;(H2,1,2,3,4);;. The van der Waals surface area contributed by atoms with E-state index >= 15 is 0 Å². The molecule has 10 heteroatoms. The topological polar surface area (TPSA) is 132 Å². The molecular formula is CH6Na2O7S. The monoisotopic (exact) mass is 208 g/mol. The average Bonchev–Trinajstić information content (AvgIpc) is 1.19. The second-order valence-electron chi connectivity index (χ2n) is 0.730. The minimum atomic E-state index is -4.67. The van der Waals surface area contributed by atoms with Crippen LogP contribution in [0, 0.1) is 0 Å². The van der Waals surface area contributed by atoms with E-state index in [9.17, 15) is 0 Å². The van der Waals surface area contributed by atoms with Gasteiger partial charge in [0.2, 0.25) is 0 Å². The molecule has 0 aliphatic rings. The molecule has 0 heterocycles. The fraction of sp³-hybridized carbons (Fsp3) is 0. The van der Waals surface area contributed by atoms with E-state index < -0.39 is 16.6 Å². The van der Waals surface area contributed by atoms with Gasteiger partial charge in [-0.15, -0.1) is 0 Å². The van der Waals surface area contributed by atoms with Crippen LogP contribution in [0.2, 0.25) is 0 Å². The molecule has 4 N–H and O–H groups in total. The van der Waals surface area contributed by atoms with Gasteiger partial charge in [-0.3, -0.25) is 9.11 Å². The third-order valence-electron chi connectivity index (χ3n) is 0. The molecular weight excluding hydrogens is 202 g/mol. The summed E-state index contributed by atoms with van der Waals surface area (Å²) < 4.78 is 31.6. The molecule has 0 aromatic rings. The summed E-state index contributed by atoms with van der Waals surface area (Å²) in [6, 6.07) is 0. The van der Waals surface area contributed by atoms with Crippen molar-refractivity contribution in [2.45, 2.75) is 0 Å². The summed E-state index contributed by atoms with van der Waals surface area (Å²) in [5.41, 5.74) is 0. The van der Waals surface area contributed by atoms with Gasteiger partial charge in [0.1, 0.15) is 0 Å². The van der Waals surface area contributed by atoms with E-state index in [0.29, 0.717) is 0 Å². The number of carbonyl (C=O) groups is 1. The van der Waals surface area contributed by atoms with Crippen LogP contribution in [-0.2, 0) is 10.4 Å². The normalized spacial score (nSPS) is 7.45. The Bertz CT molecular complexity index is 159. The Morgan fingerprint density at radius 1 is 1.00 bits per heavy atom. The van der Waals surface area contributed by atoms with E-state index in [1.165, 1.54) is 0 Å². The molecule has 0 aliphatic heterocycles. The van der Waals surface area contributed by atoms with Gasteiger partial charge in [0.05, 0.1) is 0 Å². The first kappa shape index (κ1) is 22.7. The SMILES string of the molecule is O=C(O)O.O=S(=O)(O)O.[NaH].[NaH]. The summed E-state index contributed by atoms with van der Waals surface area (Å²) in [7, 11) is -4.67. The van der Waals surface area contributed by atoms with Crippen molar-refractivity contribution in [3.63, 3.8) is 0 Å². The number of carboxylic acid groups (broad SMARTS) is 2. The van der Waals surface area contributed by atoms with Crippen LogP contribution in [0.3, 0.4) is 0 Å². The van der Waals surface area contributed by atoms with Crippen LogP contribution in [-0.4, -0.2) is 93.0 Å². The minimum absolute atomic E-state index is 0. The van der Waals surface area contributed by atoms with E-state index in [0.717, 1.165) is 0 Å². The second-order valence-corrected chi connectivity index (χ2v) is 1.63. The maximum atomic E-state index is 8.74. The van der Waals surface area contributed by atoms with E-state index in [4.69, 9.17) is 32.5 Å². The molecule has 0 radical (unpaired) electrons. The zero-order valence-electron chi connectivity index (χ0n) is 3.92. The van der Waals surface area contributed by atoms with Crippen LogP contribution in [0.25, 0.3) is 0 Å². The Labute approximate surface area is 107 Å². The van der Waals surface area contributed by atoms with E-state index in [1.807, 2.05) is 0 Å². The van der Waals surface area contributed by atoms with Gasteiger partial charge < -0.3 is 10.2 Å². The Morgan fingerprint density at radius 3 is 1.00 bits per heavy atom. The molecule has 0 bridgehead atoms. The molecule has 11 heavy (non-hydrogen) atoms. The summed E-state index contributed by atoms with van der Waals surface area (Å²) in [5, 5.41) is 13.9. The van der Waals surface area contributed by atoms with Gasteiger partial charge in [-0.2, -0.15) is 8.42 Å². The molecule has 0 aromatic carbocycles. The van der Waals surface area contributed by atoms with Gasteiger partial charge in [-0.1, -0.05) is 0 Å². The summed E-state index contributed by atoms with van der Waals surface area (Å²) in [6.45, 7) is 0. The fourth-order valence-electron chi connectivity index (χ4n) is 0. The predicted molar refractivity (Wildman–Crippen MR) is 39.1 cm³/mol. The van der Waals surface area contributed by atoms with E-state index in [2.05, 4.69) is 0 Å². The number of hydrogen-bond donors (Lipinski definition) is 4. The van der Waals surface area contributed by atoms with Crippen LogP contribution in [0.15, 0.2) is 0 Å². The third kappa shape index (κ3) is 716. The van der Waals surface area contributed by atoms with Gasteiger partial charge in [0.15, 0.2) is 0 Å². The number of hydrogen-bond acceptors (Lipinski definition) is 3. The Hall–Kier alpha value is 1.14. The van der Waals surface area contributed by atoms with Gasteiger partial charge in [0, 0.05) is 0 Å². The molecule has 0 saturated heterocycles. The summed E-state index contributed by atoms with van der Waals surface area (Å²) in [4.78, 5) is 8.56. The molecule has 0 rings (SSSR count). The number of rotatable bonds is 0. The molecule has 0 aromatic heterocycles.